The van der Waals surface area contributed by atoms with Crippen molar-refractivity contribution in [2.45, 2.75) is 18.6 Å². The van der Waals surface area contributed by atoms with Gasteiger partial charge in [0.15, 0.2) is 11.5 Å². The third-order valence-corrected chi connectivity index (χ3v) is 2.76. The Bertz CT molecular complexity index is 427. The first-order chi connectivity index (χ1) is 8.30. The summed E-state index contributed by atoms with van der Waals surface area (Å²) >= 11 is 5.96. The Morgan fingerprint density at radius 2 is 1.84 bits per heavy atom. The number of ether oxygens (including phenoxy) is 2. The predicted molar refractivity (Wildman–Crippen MR) is 69.4 cm³/mol. The van der Waals surface area contributed by atoms with Gasteiger partial charge in [-0.05, 0) is 11.6 Å². The molecule has 19 heavy (non-hydrogen) atoms. The van der Waals surface area contributed by atoms with Crippen LogP contribution in [0.5, 0.6) is 11.5 Å². The van der Waals surface area contributed by atoms with Gasteiger partial charge in [0.05, 0.1) is 25.7 Å². The third kappa shape index (κ3) is 4.63. The molecule has 0 heterocycles. The molecule has 0 unspecified atom stereocenters. The zero-order chi connectivity index (χ0) is 13.9. The van der Waals surface area contributed by atoms with Crippen molar-refractivity contribution in [3.8, 4) is 11.5 Å². The van der Waals surface area contributed by atoms with Gasteiger partial charge in [0.1, 0.15) is 0 Å². The lowest BCUT2D eigenvalue weighted by Gasteiger charge is -2.18. The first-order valence-electron chi connectivity index (χ1n) is 5.03. The van der Waals surface area contributed by atoms with E-state index in [1.807, 2.05) is 0 Å². The molecule has 0 aliphatic rings. The van der Waals surface area contributed by atoms with E-state index in [9.17, 15) is 13.2 Å². The molecule has 1 aromatic rings. The van der Waals surface area contributed by atoms with Crippen LogP contribution in [-0.2, 0) is 0 Å². The molecule has 3 nitrogen and oxygen atoms in total. The minimum atomic E-state index is -4.35. The summed E-state index contributed by atoms with van der Waals surface area (Å²) in [4.78, 5) is 0. The summed E-state index contributed by atoms with van der Waals surface area (Å²) in [5.74, 6) is 0.514. The smallest absolute Gasteiger partial charge is 0.390 e. The summed E-state index contributed by atoms with van der Waals surface area (Å²) in [5.41, 5.74) is 5.67. The summed E-state index contributed by atoms with van der Waals surface area (Å²) in [5, 5.41) is 0.0357. The molecule has 0 amide bonds. The molecule has 0 aliphatic carbocycles. The fourth-order valence-corrected chi connectivity index (χ4v) is 1.92. The molecule has 8 heteroatoms. The van der Waals surface area contributed by atoms with E-state index in [-0.39, 0.29) is 28.7 Å². The molecule has 0 bridgehead atoms. The van der Waals surface area contributed by atoms with Gasteiger partial charge in [-0.1, -0.05) is 17.7 Å². The van der Waals surface area contributed by atoms with Gasteiger partial charge in [-0.25, -0.2) is 0 Å². The highest BCUT2D eigenvalue weighted by Crippen LogP contribution is 2.41. The van der Waals surface area contributed by atoms with Gasteiger partial charge in [-0.3, -0.25) is 0 Å². The van der Waals surface area contributed by atoms with Crippen molar-refractivity contribution in [1.29, 1.82) is 0 Å². The topological polar surface area (TPSA) is 44.5 Å². The quantitative estimate of drug-likeness (QED) is 0.919. The minimum absolute atomic E-state index is 0. The number of alkyl halides is 3. The number of hydrogen-bond donors (Lipinski definition) is 1. The average Bonchev–Trinajstić information content (AvgIpc) is 2.25. The van der Waals surface area contributed by atoms with Crippen molar-refractivity contribution >= 4 is 24.0 Å². The van der Waals surface area contributed by atoms with Crippen molar-refractivity contribution in [3.05, 3.63) is 22.7 Å². The lowest BCUT2D eigenvalue weighted by molar-refractivity contribution is -0.138. The van der Waals surface area contributed by atoms with Crippen LogP contribution < -0.4 is 15.2 Å². The lowest BCUT2D eigenvalue weighted by Crippen LogP contribution is -2.20. The SMILES string of the molecule is COc1ccc([C@@H](N)CC(F)(F)F)c(Cl)c1OC.Cl. The van der Waals surface area contributed by atoms with Gasteiger partial charge in [0.2, 0.25) is 0 Å². The summed E-state index contributed by atoms with van der Waals surface area (Å²) in [6.45, 7) is 0. The Kier molecular flexibility index (Phi) is 6.76. The maximum Gasteiger partial charge on any atom is 0.390 e. The van der Waals surface area contributed by atoms with Crippen LogP contribution in [0.2, 0.25) is 5.02 Å². The second kappa shape index (κ2) is 7.07. The van der Waals surface area contributed by atoms with Crippen LogP contribution in [0.3, 0.4) is 0 Å². The van der Waals surface area contributed by atoms with Crippen molar-refractivity contribution < 1.29 is 22.6 Å². The highest BCUT2D eigenvalue weighted by Gasteiger charge is 2.32. The molecular formula is C11H14Cl2F3NO2. The van der Waals surface area contributed by atoms with Gasteiger partial charge < -0.3 is 15.2 Å². The third-order valence-electron chi connectivity index (χ3n) is 2.37. The zero-order valence-corrected chi connectivity index (χ0v) is 11.8. The summed E-state index contributed by atoms with van der Waals surface area (Å²) < 4.78 is 46.8. The van der Waals surface area contributed by atoms with Crippen LogP contribution in [0, 0.1) is 0 Å². The van der Waals surface area contributed by atoms with Crippen LogP contribution in [0.1, 0.15) is 18.0 Å². The molecule has 1 rings (SSSR count). The number of hydrogen-bond acceptors (Lipinski definition) is 3. The summed E-state index contributed by atoms with van der Waals surface area (Å²) in [6.07, 6.45) is -5.50. The van der Waals surface area contributed by atoms with E-state index in [4.69, 9.17) is 26.8 Å². The fourth-order valence-electron chi connectivity index (χ4n) is 1.55. The van der Waals surface area contributed by atoms with Gasteiger partial charge >= 0.3 is 6.18 Å². The zero-order valence-electron chi connectivity index (χ0n) is 10.3. The molecular weight excluding hydrogens is 306 g/mol. The van der Waals surface area contributed by atoms with E-state index in [2.05, 4.69) is 0 Å². The normalized spacial score (nSPS) is 12.6. The first-order valence-corrected chi connectivity index (χ1v) is 5.40. The van der Waals surface area contributed by atoms with Gasteiger partial charge in [0, 0.05) is 6.04 Å². The maximum atomic E-state index is 12.3. The van der Waals surface area contributed by atoms with E-state index in [0.29, 0.717) is 5.75 Å². The second-order valence-electron chi connectivity index (χ2n) is 3.63. The van der Waals surface area contributed by atoms with E-state index in [1.54, 1.807) is 0 Å². The Balaban J connectivity index is 0.00000324. The standard InChI is InChI=1S/C11H13ClF3NO2.ClH/c1-17-8-4-3-6(9(12)10(8)18-2)7(16)5-11(13,14)15;/h3-4,7H,5,16H2,1-2H3;1H/t7-;/m0./s1. The van der Waals surface area contributed by atoms with E-state index in [0.717, 1.165) is 0 Å². The Morgan fingerprint density at radius 1 is 1.26 bits per heavy atom. The molecule has 0 aromatic heterocycles. The summed E-state index contributed by atoms with van der Waals surface area (Å²) in [6, 6.07) is 1.63. The Labute approximate surface area is 120 Å². The highest BCUT2D eigenvalue weighted by molar-refractivity contribution is 6.33. The molecule has 110 valence electrons. The van der Waals surface area contributed by atoms with E-state index >= 15 is 0 Å². The van der Waals surface area contributed by atoms with Gasteiger partial charge in [0.25, 0.3) is 0 Å². The monoisotopic (exact) mass is 319 g/mol. The fraction of sp³-hybridized carbons (Fsp3) is 0.455. The average molecular weight is 320 g/mol. The van der Waals surface area contributed by atoms with Crippen LogP contribution in [0.4, 0.5) is 13.2 Å². The van der Waals surface area contributed by atoms with Crippen LogP contribution >= 0.6 is 24.0 Å². The molecule has 0 spiro atoms. The Hall–Kier alpha value is -0.850. The van der Waals surface area contributed by atoms with Gasteiger partial charge in [-0.2, -0.15) is 13.2 Å². The highest BCUT2D eigenvalue weighted by atomic mass is 35.5. The van der Waals surface area contributed by atoms with Crippen LogP contribution in [-0.4, -0.2) is 20.4 Å². The maximum absolute atomic E-state index is 12.3. The molecule has 0 saturated heterocycles. The molecule has 0 fully saturated rings. The largest absolute Gasteiger partial charge is 0.493 e. The van der Waals surface area contributed by atoms with Crippen molar-refractivity contribution in [2.75, 3.05) is 14.2 Å². The van der Waals surface area contributed by atoms with E-state index < -0.39 is 18.6 Å². The molecule has 0 aliphatic heterocycles. The first kappa shape index (κ1) is 18.1. The molecule has 2 N–H and O–H groups in total. The van der Waals surface area contributed by atoms with Crippen molar-refractivity contribution in [3.63, 3.8) is 0 Å². The van der Waals surface area contributed by atoms with Crippen LogP contribution in [0.25, 0.3) is 0 Å². The summed E-state index contributed by atoms with van der Waals surface area (Å²) in [7, 11) is 2.76. The Morgan fingerprint density at radius 3 is 2.26 bits per heavy atom. The molecule has 0 radical (unpaired) electrons. The van der Waals surface area contributed by atoms with Gasteiger partial charge in [-0.15, -0.1) is 12.4 Å². The number of methoxy groups -OCH3 is 2. The second-order valence-corrected chi connectivity index (χ2v) is 4.01. The number of nitrogens with two attached hydrogens (primary N) is 1. The minimum Gasteiger partial charge on any atom is -0.493 e. The van der Waals surface area contributed by atoms with Crippen molar-refractivity contribution in [1.82, 2.24) is 0 Å². The van der Waals surface area contributed by atoms with Crippen molar-refractivity contribution in [2.24, 2.45) is 5.73 Å². The molecule has 1 aromatic carbocycles. The molecule has 0 saturated carbocycles. The number of rotatable bonds is 4. The number of halogens is 5. The number of benzene rings is 1. The molecule has 1 atom stereocenters. The van der Waals surface area contributed by atoms with E-state index in [1.165, 1.54) is 26.4 Å². The predicted octanol–water partition coefficient (Wildman–Crippen LogP) is 3.73. The lowest BCUT2D eigenvalue weighted by atomic mass is 10.0. The van der Waals surface area contributed by atoms with Crippen LogP contribution in [0.15, 0.2) is 12.1 Å².